The van der Waals surface area contributed by atoms with Crippen LogP contribution in [0.1, 0.15) is 0 Å². The van der Waals surface area contributed by atoms with Crippen molar-refractivity contribution < 1.29 is 22.0 Å². The second-order valence-electron chi connectivity index (χ2n) is 1.91. The van der Waals surface area contributed by atoms with Gasteiger partial charge in [-0.05, 0) is 0 Å². The van der Waals surface area contributed by atoms with Gasteiger partial charge in [-0.25, -0.2) is 4.39 Å². The molecule has 9 heteroatoms. The maximum absolute atomic E-state index is 12.4. The molecule has 74 valence electrons. The number of rotatable bonds is 3. The Labute approximate surface area is 79.7 Å². The van der Waals surface area contributed by atoms with Gasteiger partial charge in [-0.2, -0.15) is 17.6 Å². The summed E-state index contributed by atoms with van der Waals surface area (Å²) in [5.41, 5.74) is -4.89. The minimum absolute atomic E-state index is 2.55. The van der Waals surface area contributed by atoms with Crippen LogP contribution in [0, 0.1) is 0 Å². The van der Waals surface area contributed by atoms with Crippen LogP contribution < -0.4 is 0 Å². The first-order valence-corrected chi connectivity index (χ1v) is 7.48. The molecule has 0 spiro atoms. The minimum atomic E-state index is -4.95. The summed E-state index contributed by atoms with van der Waals surface area (Å²) in [6.07, 6.45) is 0. The fourth-order valence-electron chi connectivity index (χ4n) is 0.291. The van der Waals surface area contributed by atoms with Crippen LogP contribution in [-0.4, -0.2) is 24.1 Å². The van der Waals surface area contributed by atoms with E-state index < -0.39 is 24.1 Å². The summed E-state index contributed by atoms with van der Waals surface area (Å²) in [7, 11) is 0. The monoisotopic (exact) mass is 266 g/mol. The molecule has 0 amide bonds. The summed E-state index contributed by atoms with van der Waals surface area (Å²) in [5.74, 6) is -4.91. The average molecular weight is 267 g/mol. The second kappa shape index (κ2) is 3.47. The van der Waals surface area contributed by atoms with Gasteiger partial charge in [0.05, 0.1) is 0 Å². The standard InChI is InChI=1S/C3H2Cl3F5Si/c4-12(5,6)3(10,11)2(8,9)1-7/h1H2. The Morgan fingerprint density at radius 2 is 1.33 bits per heavy atom. The van der Waals surface area contributed by atoms with E-state index in [0.717, 1.165) is 0 Å². The lowest BCUT2D eigenvalue weighted by Gasteiger charge is -2.27. The highest BCUT2D eigenvalue weighted by atomic mass is 35.8. The molecule has 0 aliphatic rings. The van der Waals surface area contributed by atoms with E-state index >= 15 is 0 Å². The highest BCUT2D eigenvalue weighted by Gasteiger charge is 2.70. The Morgan fingerprint density at radius 3 is 1.42 bits per heavy atom. The molecule has 0 aromatic carbocycles. The summed E-state index contributed by atoms with van der Waals surface area (Å²) in [5, 5.41) is 0. The van der Waals surface area contributed by atoms with Crippen molar-refractivity contribution in [3.05, 3.63) is 0 Å². The van der Waals surface area contributed by atoms with Gasteiger partial charge in [0.15, 0.2) is 6.67 Å². The molecule has 12 heavy (non-hydrogen) atoms. The fraction of sp³-hybridized carbons (Fsp3) is 1.00. The molecule has 0 fully saturated rings. The number of hydrogen-bond acceptors (Lipinski definition) is 0. The van der Waals surface area contributed by atoms with Crippen molar-refractivity contribution >= 4 is 39.2 Å². The van der Waals surface area contributed by atoms with Crippen molar-refractivity contribution in [1.29, 1.82) is 0 Å². The number of halogens is 8. The first-order valence-electron chi connectivity index (χ1n) is 2.44. The van der Waals surface area contributed by atoms with Crippen LogP contribution in [-0.2, 0) is 0 Å². The highest BCUT2D eigenvalue weighted by Crippen LogP contribution is 2.47. The topological polar surface area (TPSA) is 0 Å². The Kier molecular flexibility index (Phi) is 3.69. The van der Waals surface area contributed by atoms with E-state index in [1.54, 1.807) is 0 Å². The largest absolute Gasteiger partial charge is 0.424 e. The normalized spacial score (nSPS) is 15.0. The maximum Gasteiger partial charge on any atom is 0.424 e. The third kappa shape index (κ3) is 2.15. The van der Waals surface area contributed by atoms with Crippen molar-refractivity contribution in [2.75, 3.05) is 6.67 Å². The van der Waals surface area contributed by atoms with Gasteiger partial charge in [-0.1, -0.05) is 0 Å². The predicted octanol–water partition coefficient (Wildman–Crippen LogP) is 3.42. The van der Waals surface area contributed by atoms with Gasteiger partial charge in [0.2, 0.25) is 0 Å². The van der Waals surface area contributed by atoms with Gasteiger partial charge in [0, 0.05) is 0 Å². The molecule has 0 aromatic heterocycles. The molecule has 0 rings (SSSR count). The molecular formula is C3H2Cl3F5Si. The summed E-state index contributed by atoms with van der Waals surface area (Å²) < 4.78 is 60.3. The third-order valence-corrected chi connectivity index (χ3v) is 4.20. The van der Waals surface area contributed by atoms with E-state index in [2.05, 4.69) is 33.2 Å². The Bertz CT molecular complexity index is 166. The summed E-state index contributed by atoms with van der Waals surface area (Å²) >= 11 is 14.0. The van der Waals surface area contributed by atoms with Gasteiger partial charge < -0.3 is 0 Å². The highest BCUT2D eigenvalue weighted by molar-refractivity contribution is 7.65. The van der Waals surface area contributed by atoms with Crippen molar-refractivity contribution in [3.63, 3.8) is 0 Å². The van der Waals surface area contributed by atoms with Crippen LogP contribution in [0.15, 0.2) is 0 Å². The first-order chi connectivity index (χ1) is 5.06. The predicted molar refractivity (Wildman–Crippen MR) is 39.2 cm³/mol. The third-order valence-electron chi connectivity index (χ3n) is 0.983. The smallest absolute Gasteiger partial charge is 0.244 e. The molecule has 0 N–H and O–H groups in total. The lowest BCUT2D eigenvalue weighted by molar-refractivity contribution is -0.169. The molecule has 0 aliphatic heterocycles. The molecule has 0 radical (unpaired) electrons. The Morgan fingerprint density at radius 1 is 1.00 bits per heavy atom. The van der Waals surface area contributed by atoms with E-state index in [-0.39, 0.29) is 0 Å². The first kappa shape index (κ1) is 12.7. The Hall–Kier alpha value is 0.737. The zero-order valence-corrected chi connectivity index (χ0v) is 8.50. The Balaban J connectivity index is 4.85. The molecule has 0 atom stereocenters. The molecular weight excluding hydrogens is 265 g/mol. The van der Waals surface area contributed by atoms with Crippen LogP contribution in [0.3, 0.4) is 0 Å². The van der Waals surface area contributed by atoms with Gasteiger partial charge in [-0.15, -0.1) is 33.2 Å². The summed E-state index contributed by atoms with van der Waals surface area (Å²) in [6.45, 7) is -2.55. The van der Waals surface area contributed by atoms with Crippen molar-refractivity contribution in [3.8, 4) is 0 Å². The fourth-order valence-corrected chi connectivity index (χ4v) is 2.02. The summed E-state index contributed by atoms with van der Waals surface area (Å²) in [6, 6.07) is -4.95. The van der Waals surface area contributed by atoms with E-state index in [1.807, 2.05) is 0 Å². The lowest BCUT2D eigenvalue weighted by atomic mass is 10.4. The molecule has 0 unspecified atom stereocenters. The number of hydrogen-bond donors (Lipinski definition) is 0. The molecule has 0 aromatic rings. The van der Waals surface area contributed by atoms with E-state index in [4.69, 9.17) is 0 Å². The minimum Gasteiger partial charge on any atom is -0.244 e. The van der Waals surface area contributed by atoms with Crippen molar-refractivity contribution in [2.45, 2.75) is 11.5 Å². The van der Waals surface area contributed by atoms with Crippen LogP contribution in [0.5, 0.6) is 0 Å². The van der Waals surface area contributed by atoms with Gasteiger partial charge in [-0.3, -0.25) is 0 Å². The molecule has 0 heterocycles. The van der Waals surface area contributed by atoms with Crippen LogP contribution in [0.2, 0.25) is 0 Å². The van der Waals surface area contributed by atoms with E-state index in [1.165, 1.54) is 0 Å². The van der Waals surface area contributed by atoms with Gasteiger partial charge in [0.25, 0.3) is 0 Å². The van der Waals surface area contributed by atoms with Crippen LogP contribution >= 0.6 is 33.2 Å². The SMILES string of the molecule is FCC(F)(F)C(F)(F)[Si](Cl)(Cl)Cl. The molecule has 0 nitrogen and oxygen atoms in total. The number of alkyl halides is 5. The lowest BCUT2D eigenvalue weighted by Crippen LogP contribution is -2.54. The molecule has 0 aliphatic carbocycles. The summed E-state index contributed by atoms with van der Waals surface area (Å²) in [4.78, 5) is 0. The van der Waals surface area contributed by atoms with Gasteiger partial charge >= 0.3 is 17.5 Å². The van der Waals surface area contributed by atoms with E-state index in [0.29, 0.717) is 0 Å². The average Bonchev–Trinajstić information content (AvgIpc) is 1.85. The van der Waals surface area contributed by atoms with Crippen molar-refractivity contribution in [2.24, 2.45) is 0 Å². The second-order valence-corrected chi connectivity index (χ2v) is 10.4. The molecule has 0 bridgehead atoms. The zero-order valence-electron chi connectivity index (χ0n) is 5.23. The van der Waals surface area contributed by atoms with Crippen molar-refractivity contribution in [1.82, 2.24) is 0 Å². The molecule has 0 saturated carbocycles. The maximum atomic E-state index is 12.4. The van der Waals surface area contributed by atoms with Gasteiger partial charge in [0.1, 0.15) is 0 Å². The zero-order chi connectivity index (χ0) is 10.2. The van der Waals surface area contributed by atoms with Crippen LogP contribution in [0.25, 0.3) is 0 Å². The van der Waals surface area contributed by atoms with Crippen LogP contribution in [0.4, 0.5) is 22.0 Å². The van der Waals surface area contributed by atoms with E-state index in [9.17, 15) is 22.0 Å². The quantitative estimate of drug-likeness (QED) is 0.417. The molecule has 0 saturated heterocycles.